The van der Waals surface area contributed by atoms with E-state index in [1.54, 1.807) is 36.7 Å². The Bertz CT molecular complexity index is 904. The summed E-state index contributed by atoms with van der Waals surface area (Å²) >= 11 is 0. The standard InChI is InChI=1S/C20H26N4O4/c1-5-8-14-17(19(26)28-7-3)18(24-20(22-14)21-12(4)23-24)13-9-10-15(25)16(11-13)27-6-2/h9-11,18,25H,5-8H2,1-4H3,(H,21,22,23)/t18-/m1/s1. The molecule has 0 bridgehead atoms. The number of aryl methyl sites for hydroxylation is 1. The summed E-state index contributed by atoms with van der Waals surface area (Å²) in [6.45, 7) is 8.16. The lowest BCUT2D eigenvalue weighted by Crippen LogP contribution is -2.30. The lowest BCUT2D eigenvalue weighted by Gasteiger charge is -2.29. The Morgan fingerprint density at radius 1 is 1.29 bits per heavy atom. The molecule has 0 aliphatic carbocycles. The van der Waals surface area contributed by atoms with Crippen molar-refractivity contribution in [1.29, 1.82) is 0 Å². The quantitative estimate of drug-likeness (QED) is 0.704. The molecule has 0 unspecified atom stereocenters. The van der Waals surface area contributed by atoms with Crippen LogP contribution in [0.15, 0.2) is 29.5 Å². The van der Waals surface area contributed by atoms with Gasteiger partial charge in [0, 0.05) is 5.70 Å². The number of fused-ring (bicyclic) bond motifs is 1. The molecule has 28 heavy (non-hydrogen) atoms. The van der Waals surface area contributed by atoms with E-state index in [9.17, 15) is 9.90 Å². The van der Waals surface area contributed by atoms with Gasteiger partial charge in [0.15, 0.2) is 11.5 Å². The fraction of sp³-hybridized carbons (Fsp3) is 0.450. The first-order valence-electron chi connectivity index (χ1n) is 9.56. The molecule has 2 aromatic rings. The molecule has 0 radical (unpaired) electrons. The predicted octanol–water partition coefficient (Wildman–Crippen LogP) is 3.32. The maximum Gasteiger partial charge on any atom is 0.338 e. The molecule has 2 N–H and O–H groups in total. The zero-order valence-corrected chi connectivity index (χ0v) is 16.7. The molecule has 0 amide bonds. The number of aromatic hydroxyl groups is 1. The molecule has 3 rings (SSSR count). The molecule has 0 saturated carbocycles. The first-order chi connectivity index (χ1) is 13.5. The minimum atomic E-state index is -0.530. The summed E-state index contributed by atoms with van der Waals surface area (Å²) in [6, 6.07) is 4.53. The van der Waals surface area contributed by atoms with Gasteiger partial charge in [0.05, 0.1) is 18.8 Å². The van der Waals surface area contributed by atoms with Gasteiger partial charge in [-0.15, -0.1) is 0 Å². The molecule has 8 heteroatoms. The van der Waals surface area contributed by atoms with Crippen molar-refractivity contribution in [1.82, 2.24) is 14.8 Å². The summed E-state index contributed by atoms with van der Waals surface area (Å²) in [4.78, 5) is 17.3. The number of carbonyl (C=O) groups excluding carboxylic acids is 1. The van der Waals surface area contributed by atoms with Gasteiger partial charge in [0.25, 0.3) is 0 Å². The Morgan fingerprint density at radius 2 is 2.07 bits per heavy atom. The van der Waals surface area contributed by atoms with Crippen molar-refractivity contribution in [2.45, 2.75) is 46.6 Å². The van der Waals surface area contributed by atoms with Crippen LogP contribution in [0.4, 0.5) is 5.95 Å². The van der Waals surface area contributed by atoms with Crippen molar-refractivity contribution in [3.63, 3.8) is 0 Å². The highest BCUT2D eigenvalue weighted by Crippen LogP contribution is 2.39. The van der Waals surface area contributed by atoms with Crippen LogP contribution >= 0.6 is 0 Å². The van der Waals surface area contributed by atoms with Gasteiger partial charge in [-0.25, -0.2) is 9.48 Å². The van der Waals surface area contributed by atoms with Crippen LogP contribution in [0.1, 0.15) is 51.0 Å². The number of ether oxygens (including phenoxy) is 2. The van der Waals surface area contributed by atoms with E-state index in [0.717, 1.165) is 17.7 Å². The maximum absolute atomic E-state index is 12.9. The van der Waals surface area contributed by atoms with E-state index in [0.29, 0.717) is 36.1 Å². The normalized spacial score (nSPS) is 15.8. The molecule has 1 aliphatic heterocycles. The largest absolute Gasteiger partial charge is 0.504 e. The number of hydrogen-bond acceptors (Lipinski definition) is 7. The van der Waals surface area contributed by atoms with Crippen LogP contribution in [0.2, 0.25) is 0 Å². The monoisotopic (exact) mass is 386 g/mol. The molecule has 0 fully saturated rings. The molecule has 150 valence electrons. The number of hydrogen-bond donors (Lipinski definition) is 2. The average molecular weight is 386 g/mol. The van der Waals surface area contributed by atoms with Crippen LogP contribution in [0, 0.1) is 6.92 Å². The van der Waals surface area contributed by atoms with Crippen molar-refractivity contribution >= 4 is 11.9 Å². The zero-order valence-electron chi connectivity index (χ0n) is 16.7. The number of anilines is 1. The second kappa shape index (κ2) is 8.33. The Balaban J connectivity index is 2.20. The van der Waals surface area contributed by atoms with E-state index in [2.05, 4.69) is 15.4 Å². The van der Waals surface area contributed by atoms with E-state index in [1.807, 2.05) is 13.8 Å². The lowest BCUT2D eigenvalue weighted by atomic mass is 9.93. The third-order valence-electron chi connectivity index (χ3n) is 4.44. The SMILES string of the molecule is CCCC1=C(C(=O)OCC)[C@@H](c2ccc(O)c(OCC)c2)n2nc(C)nc2N1. The number of esters is 1. The van der Waals surface area contributed by atoms with Gasteiger partial charge in [-0.05, 0) is 44.9 Å². The fourth-order valence-electron chi connectivity index (χ4n) is 3.36. The van der Waals surface area contributed by atoms with Crippen LogP contribution in [0.3, 0.4) is 0 Å². The van der Waals surface area contributed by atoms with Crippen molar-refractivity contribution in [2.24, 2.45) is 0 Å². The molecular weight excluding hydrogens is 360 g/mol. The number of rotatable bonds is 7. The van der Waals surface area contributed by atoms with Gasteiger partial charge in [-0.1, -0.05) is 19.4 Å². The summed E-state index contributed by atoms with van der Waals surface area (Å²) in [6.07, 6.45) is 1.53. The van der Waals surface area contributed by atoms with Gasteiger partial charge in [0.1, 0.15) is 11.9 Å². The fourth-order valence-corrected chi connectivity index (χ4v) is 3.36. The topological polar surface area (TPSA) is 98.5 Å². The molecule has 1 aromatic heterocycles. The highest BCUT2D eigenvalue weighted by atomic mass is 16.5. The smallest absolute Gasteiger partial charge is 0.338 e. The Morgan fingerprint density at radius 3 is 2.75 bits per heavy atom. The van der Waals surface area contributed by atoms with Crippen LogP contribution in [-0.2, 0) is 9.53 Å². The molecule has 0 saturated heterocycles. The molecule has 8 nitrogen and oxygen atoms in total. The number of benzene rings is 1. The average Bonchev–Trinajstić information content (AvgIpc) is 3.03. The first kappa shape index (κ1) is 19.7. The number of nitrogens with zero attached hydrogens (tertiary/aromatic N) is 3. The second-order valence-electron chi connectivity index (χ2n) is 6.48. The van der Waals surface area contributed by atoms with Crippen molar-refractivity contribution in [2.75, 3.05) is 18.5 Å². The number of aromatic nitrogens is 3. The molecule has 1 aromatic carbocycles. The van der Waals surface area contributed by atoms with Gasteiger partial charge < -0.3 is 19.9 Å². The van der Waals surface area contributed by atoms with E-state index < -0.39 is 12.0 Å². The predicted molar refractivity (Wildman–Crippen MR) is 104 cm³/mol. The number of phenolic OH excluding ortho intramolecular Hbond substituents is 1. The minimum Gasteiger partial charge on any atom is -0.504 e. The third-order valence-corrected chi connectivity index (χ3v) is 4.44. The van der Waals surface area contributed by atoms with Crippen molar-refractivity contribution in [3.05, 3.63) is 40.9 Å². The second-order valence-corrected chi connectivity index (χ2v) is 6.48. The summed E-state index contributed by atoms with van der Waals surface area (Å²) in [7, 11) is 0. The highest BCUT2D eigenvalue weighted by molar-refractivity contribution is 5.92. The summed E-state index contributed by atoms with van der Waals surface area (Å²) in [5.74, 6) is 1.18. The Labute approximate surface area is 164 Å². The first-order valence-corrected chi connectivity index (χ1v) is 9.56. The maximum atomic E-state index is 12.9. The summed E-state index contributed by atoms with van der Waals surface area (Å²) in [5.41, 5.74) is 2.02. The van der Waals surface area contributed by atoms with Gasteiger partial charge >= 0.3 is 5.97 Å². The lowest BCUT2D eigenvalue weighted by molar-refractivity contribution is -0.139. The highest BCUT2D eigenvalue weighted by Gasteiger charge is 2.36. The number of phenols is 1. The van der Waals surface area contributed by atoms with Crippen LogP contribution in [-0.4, -0.2) is 39.1 Å². The molecule has 0 spiro atoms. The van der Waals surface area contributed by atoms with Gasteiger partial charge in [-0.2, -0.15) is 10.1 Å². The van der Waals surface area contributed by atoms with E-state index in [-0.39, 0.29) is 12.4 Å². The van der Waals surface area contributed by atoms with Crippen LogP contribution in [0.25, 0.3) is 0 Å². The molecular formula is C20H26N4O4. The number of allylic oxidation sites excluding steroid dienone is 1. The van der Waals surface area contributed by atoms with Gasteiger partial charge in [0.2, 0.25) is 5.95 Å². The minimum absolute atomic E-state index is 0.0463. The van der Waals surface area contributed by atoms with E-state index >= 15 is 0 Å². The van der Waals surface area contributed by atoms with E-state index in [1.165, 1.54) is 0 Å². The zero-order chi connectivity index (χ0) is 20.3. The van der Waals surface area contributed by atoms with E-state index in [4.69, 9.17) is 9.47 Å². The molecule has 2 heterocycles. The summed E-state index contributed by atoms with van der Waals surface area (Å²) in [5, 5.41) is 17.8. The molecule has 1 aliphatic rings. The number of nitrogens with one attached hydrogen (secondary N) is 1. The Hall–Kier alpha value is -3.03. The Kier molecular flexibility index (Phi) is 5.87. The van der Waals surface area contributed by atoms with Crippen molar-refractivity contribution in [3.8, 4) is 11.5 Å². The van der Waals surface area contributed by atoms with Crippen LogP contribution < -0.4 is 10.1 Å². The third kappa shape index (κ3) is 3.67. The van der Waals surface area contributed by atoms with Crippen LogP contribution in [0.5, 0.6) is 11.5 Å². The van der Waals surface area contributed by atoms with Crippen molar-refractivity contribution < 1.29 is 19.4 Å². The van der Waals surface area contributed by atoms with Gasteiger partial charge in [-0.3, -0.25) is 0 Å². The summed E-state index contributed by atoms with van der Waals surface area (Å²) < 4.78 is 12.6. The molecule has 1 atom stereocenters. The number of carbonyl (C=O) groups is 1.